The number of nitrogens with one attached hydrogen (secondary N) is 1. The molecule has 4 nitrogen and oxygen atoms in total. The number of nitrogens with two attached hydrogens (primary N) is 1. The van der Waals surface area contributed by atoms with E-state index in [4.69, 9.17) is 5.73 Å². The Hall–Kier alpha value is -2.36. The molecule has 104 valence electrons. The Morgan fingerprint density at radius 3 is 2.65 bits per heavy atom. The average molecular weight is 269 g/mol. The number of hydrogen-bond donors (Lipinski definition) is 2. The van der Waals surface area contributed by atoms with Gasteiger partial charge in [-0.1, -0.05) is 32.0 Å². The van der Waals surface area contributed by atoms with Crippen molar-refractivity contribution < 1.29 is 4.79 Å². The minimum Gasteiger partial charge on any atom is -0.397 e. The number of carbonyl (C=O) groups excluding carboxylic acids is 1. The number of rotatable bonds is 4. The summed E-state index contributed by atoms with van der Waals surface area (Å²) < 4.78 is 0. The summed E-state index contributed by atoms with van der Waals surface area (Å²) in [5.41, 5.74) is 8.87. The second-order valence-corrected chi connectivity index (χ2v) is 5.05. The molecule has 1 heterocycles. The number of anilines is 2. The Bertz CT molecular complexity index is 591. The topological polar surface area (TPSA) is 68.0 Å². The highest BCUT2D eigenvalue weighted by atomic mass is 16.1. The SMILES string of the molecule is CC(C)c1ccccc1NC(=O)Cc1ccc(N)cn1. The van der Waals surface area contributed by atoms with Crippen LogP contribution in [-0.4, -0.2) is 10.9 Å². The quantitative estimate of drug-likeness (QED) is 0.896. The van der Waals surface area contributed by atoms with E-state index in [2.05, 4.69) is 24.1 Å². The van der Waals surface area contributed by atoms with E-state index in [9.17, 15) is 4.79 Å². The van der Waals surface area contributed by atoms with Crippen LogP contribution in [0.25, 0.3) is 0 Å². The highest BCUT2D eigenvalue weighted by molar-refractivity contribution is 5.92. The van der Waals surface area contributed by atoms with E-state index in [-0.39, 0.29) is 12.3 Å². The van der Waals surface area contributed by atoms with Gasteiger partial charge in [-0.3, -0.25) is 9.78 Å². The smallest absolute Gasteiger partial charge is 0.230 e. The van der Waals surface area contributed by atoms with E-state index >= 15 is 0 Å². The molecule has 2 aromatic rings. The summed E-state index contributed by atoms with van der Waals surface area (Å²) in [6.45, 7) is 4.21. The summed E-state index contributed by atoms with van der Waals surface area (Å²) in [5.74, 6) is 0.288. The van der Waals surface area contributed by atoms with Gasteiger partial charge in [-0.2, -0.15) is 0 Å². The summed E-state index contributed by atoms with van der Waals surface area (Å²) in [6, 6.07) is 11.4. The van der Waals surface area contributed by atoms with E-state index in [1.54, 1.807) is 18.3 Å². The fourth-order valence-corrected chi connectivity index (χ4v) is 2.01. The molecule has 0 aliphatic heterocycles. The minimum absolute atomic E-state index is 0.0737. The average Bonchev–Trinajstić information content (AvgIpc) is 2.41. The number of pyridine rings is 1. The van der Waals surface area contributed by atoms with Crippen LogP contribution < -0.4 is 11.1 Å². The molecule has 1 aromatic carbocycles. The molecule has 0 aliphatic rings. The van der Waals surface area contributed by atoms with E-state index in [1.165, 1.54) is 0 Å². The van der Waals surface area contributed by atoms with Crippen molar-refractivity contribution in [3.05, 3.63) is 53.9 Å². The summed E-state index contributed by atoms with van der Waals surface area (Å²) in [5, 5.41) is 2.94. The normalized spacial score (nSPS) is 10.6. The number of benzene rings is 1. The zero-order chi connectivity index (χ0) is 14.5. The lowest BCUT2D eigenvalue weighted by molar-refractivity contribution is -0.115. The van der Waals surface area contributed by atoms with E-state index in [0.29, 0.717) is 17.3 Å². The molecule has 3 N–H and O–H groups in total. The van der Waals surface area contributed by atoms with Crippen LogP contribution in [0.15, 0.2) is 42.6 Å². The lowest BCUT2D eigenvalue weighted by Crippen LogP contribution is -2.16. The summed E-state index contributed by atoms with van der Waals surface area (Å²) in [6.07, 6.45) is 1.80. The zero-order valence-electron chi connectivity index (χ0n) is 11.8. The number of para-hydroxylation sites is 1. The van der Waals surface area contributed by atoms with Gasteiger partial charge in [-0.25, -0.2) is 0 Å². The van der Waals surface area contributed by atoms with Gasteiger partial charge in [0.05, 0.1) is 18.3 Å². The molecule has 0 fully saturated rings. The summed E-state index contributed by atoms with van der Waals surface area (Å²) in [4.78, 5) is 16.2. The highest BCUT2D eigenvalue weighted by Crippen LogP contribution is 2.23. The number of nitrogen functional groups attached to an aromatic ring is 1. The van der Waals surface area contributed by atoms with Crippen molar-refractivity contribution in [3.63, 3.8) is 0 Å². The van der Waals surface area contributed by atoms with Crippen molar-refractivity contribution in [3.8, 4) is 0 Å². The van der Waals surface area contributed by atoms with Crippen LogP contribution in [-0.2, 0) is 11.2 Å². The number of hydrogen-bond acceptors (Lipinski definition) is 3. The van der Waals surface area contributed by atoms with Gasteiger partial charge in [-0.15, -0.1) is 0 Å². The Morgan fingerprint density at radius 1 is 1.25 bits per heavy atom. The predicted octanol–water partition coefficient (Wildman–Crippen LogP) is 2.97. The van der Waals surface area contributed by atoms with E-state index in [0.717, 1.165) is 11.3 Å². The third-order valence-corrected chi connectivity index (χ3v) is 3.05. The standard InChI is InChI=1S/C16H19N3O/c1-11(2)14-5-3-4-6-15(14)19-16(20)9-13-8-7-12(17)10-18-13/h3-8,10-11H,9,17H2,1-2H3,(H,19,20). The van der Waals surface area contributed by atoms with Gasteiger partial charge in [-0.05, 0) is 29.7 Å². The fraction of sp³-hybridized carbons (Fsp3) is 0.250. The second-order valence-electron chi connectivity index (χ2n) is 5.05. The number of aromatic nitrogens is 1. The van der Waals surface area contributed by atoms with Crippen molar-refractivity contribution in [2.24, 2.45) is 0 Å². The zero-order valence-corrected chi connectivity index (χ0v) is 11.8. The van der Waals surface area contributed by atoms with Crippen LogP contribution in [0, 0.1) is 0 Å². The second kappa shape index (κ2) is 6.19. The van der Waals surface area contributed by atoms with Gasteiger partial charge in [0.25, 0.3) is 0 Å². The molecule has 0 saturated heterocycles. The van der Waals surface area contributed by atoms with Crippen LogP contribution in [0.2, 0.25) is 0 Å². The Morgan fingerprint density at radius 2 is 2.00 bits per heavy atom. The Labute approximate surface area is 119 Å². The lowest BCUT2D eigenvalue weighted by Gasteiger charge is -2.13. The lowest BCUT2D eigenvalue weighted by atomic mass is 10.0. The van der Waals surface area contributed by atoms with Crippen molar-refractivity contribution in [1.82, 2.24) is 4.98 Å². The molecule has 1 amide bonds. The third-order valence-electron chi connectivity index (χ3n) is 3.05. The maximum absolute atomic E-state index is 12.1. The van der Waals surface area contributed by atoms with Crippen LogP contribution in [0.3, 0.4) is 0 Å². The first-order chi connectivity index (χ1) is 9.56. The Balaban J connectivity index is 2.07. The number of carbonyl (C=O) groups is 1. The van der Waals surface area contributed by atoms with Crippen molar-refractivity contribution in [2.75, 3.05) is 11.1 Å². The van der Waals surface area contributed by atoms with Gasteiger partial charge in [0.15, 0.2) is 0 Å². The van der Waals surface area contributed by atoms with E-state index < -0.39 is 0 Å². The van der Waals surface area contributed by atoms with Crippen molar-refractivity contribution in [2.45, 2.75) is 26.2 Å². The molecule has 0 aliphatic carbocycles. The molecule has 4 heteroatoms. The van der Waals surface area contributed by atoms with Crippen LogP contribution >= 0.6 is 0 Å². The Kier molecular flexibility index (Phi) is 4.35. The number of amides is 1. The molecule has 1 aromatic heterocycles. The highest BCUT2D eigenvalue weighted by Gasteiger charge is 2.10. The maximum atomic E-state index is 12.1. The first kappa shape index (κ1) is 14.1. The molecule has 0 spiro atoms. The van der Waals surface area contributed by atoms with Gasteiger partial charge < -0.3 is 11.1 Å². The third kappa shape index (κ3) is 3.57. The number of nitrogens with zero attached hydrogens (tertiary/aromatic N) is 1. The fourth-order valence-electron chi connectivity index (χ4n) is 2.01. The largest absolute Gasteiger partial charge is 0.397 e. The molecule has 0 bridgehead atoms. The molecular weight excluding hydrogens is 250 g/mol. The molecule has 20 heavy (non-hydrogen) atoms. The van der Waals surface area contributed by atoms with Crippen molar-refractivity contribution >= 4 is 17.3 Å². The molecule has 2 rings (SSSR count). The summed E-state index contributed by atoms with van der Waals surface area (Å²) >= 11 is 0. The van der Waals surface area contributed by atoms with Crippen molar-refractivity contribution in [1.29, 1.82) is 0 Å². The molecule has 0 radical (unpaired) electrons. The molecule has 0 unspecified atom stereocenters. The van der Waals surface area contributed by atoms with Crippen LogP contribution in [0.1, 0.15) is 31.0 Å². The van der Waals surface area contributed by atoms with Gasteiger partial charge >= 0.3 is 0 Å². The minimum atomic E-state index is -0.0737. The first-order valence-electron chi connectivity index (χ1n) is 6.65. The molecular formula is C16H19N3O. The van der Waals surface area contributed by atoms with Gasteiger partial charge in [0.2, 0.25) is 5.91 Å². The van der Waals surface area contributed by atoms with E-state index in [1.807, 2.05) is 24.3 Å². The maximum Gasteiger partial charge on any atom is 0.230 e. The van der Waals surface area contributed by atoms with Crippen LogP contribution in [0.5, 0.6) is 0 Å². The molecule has 0 atom stereocenters. The molecule has 0 saturated carbocycles. The predicted molar refractivity (Wildman–Crippen MR) is 81.5 cm³/mol. The first-order valence-corrected chi connectivity index (χ1v) is 6.65. The van der Waals surface area contributed by atoms with Crippen LogP contribution in [0.4, 0.5) is 11.4 Å². The monoisotopic (exact) mass is 269 g/mol. The van der Waals surface area contributed by atoms with Gasteiger partial charge in [0.1, 0.15) is 0 Å². The van der Waals surface area contributed by atoms with Gasteiger partial charge in [0, 0.05) is 11.4 Å². The summed E-state index contributed by atoms with van der Waals surface area (Å²) in [7, 11) is 0.